The Labute approximate surface area is 153 Å². The molecule has 0 aliphatic carbocycles. The number of benzene rings is 2. The molecule has 2 atom stereocenters. The summed E-state index contributed by atoms with van der Waals surface area (Å²) >= 11 is 0. The highest BCUT2D eigenvalue weighted by Gasteiger charge is 2.56. The topological polar surface area (TPSA) is 37.4 Å². The van der Waals surface area contributed by atoms with Gasteiger partial charge < -0.3 is 4.90 Å². The standard InChI is InChI=1S/C23H21NO2/c1-2-20(17-10-5-3-6-11-17)23-14-9-15-24(23)16-19(22(23)26)21(25)18-12-7-4-8-13-18/h2-8,10-13,16,20H,1,9,14-15H2/t20-,23-/m1/s1. The molecule has 0 N–H and O–H groups in total. The molecule has 0 saturated carbocycles. The molecule has 2 aromatic carbocycles. The highest BCUT2D eigenvalue weighted by molar-refractivity contribution is 6.30. The van der Waals surface area contributed by atoms with Crippen molar-refractivity contribution in [2.75, 3.05) is 6.54 Å². The third-order valence-corrected chi connectivity index (χ3v) is 5.58. The molecular formula is C23H21NO2. The second-order valence-corrected chi connectivity index (χ2v) is 6.91. The second-order valence-electron chi connectivity index (χ2n) is 6.91. The molecular weight excluding hydrogens is 322 g/mol. The maximum atomic E-state index is 13.5. The molecule has 3 heteroatoms. The largest absolute Gasteiger partial charge is 0.363 e. The zero-order chi connectivity index (χ0) is 18.1. The number of fused-ring (bicyclic) bond motifs is 1. The summed E-state index contributed by atoms with van der Waals surface area (Å²) in [7, 11) is 0. The van der Waals surface area contributed by atoms with Crippen molar-refractivity contribution in [2.45, 2.75) is 24.3 Å². The van der Waals surface area contributed by atoms with Gasteiger partial charge in [0.05, 0.1) is 5.57 Å². The van der Waals surface area contributed by atoms with Crippen LogP contribution in [0.15, 0.2) is 85.1 Å². The Hall–Kier alpha value is -2.94. The predicted molar refractivity (Wildman–Crippen MR) is 102 cm³/mol. The van der Waals surface area contributed by atoms with Gasteiger partial charge in [-0.25, -0.2) is 0 Å². The van der Waals surface area contributed by atoms with E-state index in [0.29, 0.717) is 11.1 Å². The zero-order valence-corrected chi connectivity index (χ0v) is 14.6. The monoisotopic (exact) mass is 343 g/mol. The molecule has 1 saturated heterocycles. The first-order valence-corrected chi connectivity index (χ1v) is 8.99. The second kappa shape index (κ2) is 6.41. The van der Waals surface area contributed by atoms with Crippen LogP contribution >= 0.6 is 0 Å². The average molecular weight is 343 g/mol. The average Bonchev–Trinajstić information content (AvgIpc) is 3.22. The molecule has 0 spiro atoms. The SMILES string of the molecule is C=C[C@H](c1ccccc1)[C@@]12CCCN1C=C(C(=O)c1ccccc1)C2=O. The van der Waals surface area contributed by atoms with Crippen LogP contribution in [-0.2, 0) is 4.79 Å². The van der Waals surface area contributed by atoms with E-state index in [1.165, 1.54) is 0 Å². The third kappa shape index (κ3) is 2.35. The van der Waals surface area contributed by atoms with E-state index >= 15 is 0 Å². The molecule has 0 radical (unpaired) electrons. The van der Waals surface area contributed by atoms with E-state index in [-0.39, 0.29) is 17.5 Å². The molecule has 0 amide bonds. The molecule has 2 heterocycles. The summed E-state index contributed by atoms with van der Waals surface area (Å²) in [6, 6.07) is 19.0. The first-order valence-electron chi connectivity index (χ1n) is 8.99. The number of rotatable bonds is 5. The zero-order valence-electron chi connectivity index (χ0n) is 14.6. The van der Waals surface area contributed by atoms with Crippen molar-refractivity contribution in [3.05, 3.63) is 96.2 Å². The summed E-state index contributed by atoms with van der Waals surface area (Å²) in [5.74, 6) is -0.408. The lowest BCUT2D eigenvalue weighted by molar-refractivity contribution is -0.122. The molecule has 4 rings (SSSR count). The maximum Gasteiger partial charge on any atom is 0.198 e. The lowest BCUT2D eigenvalue weighted by Crippen LogP contribution is -2.49. The van der Waals surface area contributed by atoms with Gasteiger partial charge in [0.2, 0.25) is 0 Å². The number of hydrogen-bond acceptors (Lipinski definition) is 3. The Morgan fingerprint density at radius 2 is 1.73 bits per heavy atom. The summed E-state index contributed by atoms with van der Waals surface area (Å²) in [6.45, 7) is 4.80. The molecule has 1 fully saturated rings. The quantitative estimate of drug-likeness (QED) is 0.465. The van der Waals surface area contributed by atoms with E-state index in [1.54, 1.807) is 18.3 Å². The van der Waals surface area contributed by atoms with E-state index in [0.717, 1.165) is 24.9 Å². The summed E-state index contributed by atoms with van der Waals surface area (Å²) < 4.78 is 0. The van der Waals surface area contributed by atoms with Gasteiger partial charge in [-0.1, -0.05) is 66.7 Å². The fourth-order valence-corrected chi connectivity index (χ4v) is 4.38. The molecule has 26 heavy (non-hydrogen) atoms. The van der Waals surface area contributed by atoms with E-state index in [4.69, 9.17) is 0 Å². The van der Waals surface area contributed by atoms with E-state index in [2.05, 4.69) is 11.5 Å². The minimum Gasteiger partial charge on any atom is -0.363 e. The number of hydrogen-bond donors (Lipinski definition) is 0. The summed E-state index contributed by atoms with van der Waals surface area (Å²) in [4.78, 5) is 28.5. The van der Waals surface area contributed by atoms with Gasteiger partial charge in [-0.05, 0) is 18.4 Å². The Kier molecular flexibility index (Phi) is 4.08. The van der Waals surface area contributed by atoms with Crippen LogP contribution < -0.4 is 0 Å². The lowest BCUT2D eigenvalue weighted by atomic mass is 9.74. The van der Waals surface area contributed by atoms with Crippen LogP contribution in [0.25, 0.3) is 0 Å². The third-order valence-electron chi connectivity index (χ3n) is 5.58. The first-order chi connectivity index (χ1) is 12.7. The van der Waals surface area contributed by atoms with Crippen LogP contribution in [0.4, 0.5) is 0 Å². The first kappa shape index (κ1) is 16.5. The lowest BCUT2D eigenvalue weighted by Gasteiger charge is -2.38. The van der Waals surface area contributed by atoms with Crippen molar-refractivity contribution >= 4 is 11.6 Å². The van der Waals surface area contributed by atoms with Crippen molar-refractivity contribution < 1.29 is 9.59 Å². The van der Waals surface area contributed by atoms with Crippen LogP contribution in [0, 0.1) is 0 Å². The minimum absolute atomic E-state index is 0.0717. The van der Waals surface area contributed by atoms with Gasteiger partial charge in [0.1, 0.15) is 5.54 Å². The molecule has 130 valence electrons. The van der Waals surface area contributed by atoms with Gasteiger partial charge in [0.15, 0.2) is 11.6 Å². The van der Waals surface area contributed by atoms with Crippen LogP contribution in [0.3, 0.4) is 0 Å². The van der Waals surface area contributed by atoms with Crippen LogP contribution in [-0.4, -0.2) is 28.6 Å². The fourth-order valence-electron chi connectivity index (χ4n) is 4.38. The van der Waals surface area contributed by atoms with Gasteiger partial charge in [0, 0.05) is 24.2 Å². The van der Waals surface area contributed by atoms with Gasteiger partial charge in [0.25, 0.3) is 0 Å². The number of carbonyl (C=O) groups excluding carboxylic acids is 2. The number of Topliss-reactive ketones (excluding diaryl/α,β-unsaturated/α-hetero) is 2. The van der Waals surface area contributed by atoms with Crippen molar-refractivity contribution in [2.24, 2.45) is 0 Å². The molecule has 3 nitrogen and oxygen atoms in total. The smallest absolute Gasteiger partial charge is 0.198 e. The van der Waals surface area contributed by atoms with E-state index < -0.39 is 5.54 Å². The maximum absolute atomic E-state index is 13.5. The summed E-state index contributed by atoms with van der Waals surface area (Å²) in [5.41, 5.74) is 1.18. The minimum atomic E-state index is -0.719. The normalized spacial score (nSPS) is 22.7. The number of nitrogens with zero attached hydrogens (tertiary/aromatic N) is 1. The van der Waals surface area contributed by atoms with Crippen molar-refractivity contribution in [3.8, 4) is 0 Å². The Balaban J connectivity index is 1.75. The Bertz CT molecular complexity index is 885. The molecule has 0 aromatic heterocycles. The van der Waals surface area contributed by atoms with E-state index in [1.807, 2.05) is 54.6 Å². The van der Waals surface area contributed by atoms with Crippen molar-refractivity contribution in [3.63, 3.8) is 0 Å². The Morgan fingerprint density at radius 1 is 1.08 bits per heavy atom. The van der Waals surface area contributed by atoms with Gasteiger partial charge in [-0.2, -0.15) is 0 Å². The van der Waals surface area contributed by atoms with Crippen LogP contribution in [0.2, 0.25) is 0 Å². The summed E-state index contributed by atoms with van der Waals surface area (Å²) in [5, 5.41) is 0. The predicted octanol–water partition coefficient (Wildman–Crippen LogP) is 4.14. The van der Waals surface area contributed by atoms with Crippen molar-refractivity contribution in [1.29, 1.82) is 0 Å². The Morgan fingerprint density at radius 3 is 2.38 bits per heavy atom. The molecule has 0 bridgehead atoms. The number of ketones is 2. The molecule has 0 unspecified atom stereocenters. The van der Waals surface area contributed by atoms with Crippen LogP contribution in [0.1, 0.15) is 34.7 Å². The van der Waals surface area contributed by atoms with Gasteiger partial charge in [-0.15, -0.1) is 6.58 Å². The highest BCUT2D eigenvalue weighted by Crippen LogP contribution is 2.48. The van der Waals surface area contributed by atoms with Crippen molar-refractivity contribution in [1.82, 2.24) is 4.90 Å². The van der Waals surface area contributed by atoms with Gasteiger partial charge >= 0.3 is 0 Å². The summed E-state index contributed by atoms with van der Waals surface area (Å²) in [6.07, 6.45) is 5.31. The van der Waals surface area contributed by atoms with Crippen LogP contribution in [0.5, 0.6) is 0 Å². The van der Waals surface area contributed by atoms with E-state index in [9.17, 15) is 9.59 Å². The van der Waals surface area contributed by atoms with Gasteiger partial charge in [-0.3, -0.25) is 9.59 Å². The number of carbonyl (C=O) groups is 2. The molecule has 2 aliphatic rings. The molecule has 2 aliphatic heterocycles. The molecule has 2 aromatic rings. The fraction of sp³-hybridized carbons (Fsp3) is 0.217. The highest BCUT2D eigenvalue weighted by atomic mass is 16.2.